The maximum absolute atomic E-state index is 5.93. The summed E-state index contributed by atoms with van der Waals surface area (Å²) in [6.07, 6.45) is 0. The molecule has 0 radical (unpaired) electrons. The molecule has 0 unspecified atom stereocenters. The molecule has 106 valence electrons. The second-order valence-corrected chi connectivity index (χ2v) is 5.08. The summed E-state index contributed by atoms with van der Waals surface area (Å²) in [6.45, 7) is 5.61. The van der Waals surface area contributed by atoms with E-state index in [0.717, 1.165) is 17.6 Å². The van der Waals surface area contributed by atoms with Crippen molar-refractivity contribution in [1.29, 1.82) is 0 Å². The van der Waals surface area contributed by atoms with Crippen molar-refractivity contribution in [3.8, 4) is 11.8 Å². The van der Waals surface area contributed by atoms with Crippen molar-refractivity contribution >= 4 is 33.5 Å². The standard InChI is InChI=1S/C13H14BrClN4O/c1-3-19(4-2)12-16-11(15)17-13(18-12)20-10-8-6-5-7-9(10)14/h5-8H,3-4H2,1-2H3. The number of nitrogens with zero attached hydrogens (tertiary/aromatic N) is 4. The van der Waals surface area contributed by atoms with Gasteiger partial charge in [-0.05, 0) is 53.5 Å². The van der Waals surface area contributed by atoms with Gasteiger partial charge in [-0.2, -0.15) is 15.0 Å². The molecule has 0 fully saturated rings. The van der Waals surface area contributed by atoms with Crippen LogP contribution in [0.25, 0.3) is 0 Å². The minimum Gasteiger partial charge on any atom is -0.423 e. The monoisotopic (exact) mass is 356 g/mol. The highest BCUT2D eigenvalue weighted by atomic mass is 79.9. The Balaban J connectivity index is 2.31. The van der Waals surface area contributed by atoms with Gasteiger partial charge in [-0.15, -0.1) is 0 Å². The van der Waals surface area contributed by atoms with Gasteiger partial charge >= 0.3 is 6.01 Å². The second-order valence-electron chi connectivity index (χ2n) is 3.89. The molecule has 0 aliphatic heterocycles. The van der Waals surface area contributed by atoms with E-state index in [1.807, 2.05) is 43.0 Å². The predicted octanol–water partition coefficient (Wildman–Crippen LogP) is 3.93. The van der Waals surface area contributed by atoms with Gasteiger partial charge in [0.2, 0.25) is 11.2 Å². The number of para-hydroxylation sites is 1. The molecule has 7 heteroatoms. The van der Waals surface area contributed by atoms with E-state index in [0.29, 0.717) is 11.7 Å². The number of rotatable bonds is 5. The molecule has 20 heavy (non-hydrogen) atoms. The van der Waals surface area contributed by atoms with Gasteiger partial charge in [-0.25, -0.2) is 0 Å². The lowest BCUT2D eigenvalue weighted by molar-refractivity contribution is 0.436. The van der Waals surface area contributed by atoms with E-state index in [-0.39, 0.29) is 11.3 Å². The fourth-order valence-corrected chi connectivity index (χ4v) is 2.15. The van der Waals surface area contributed by atoms with Crippen LogP contribution in [0.2, 0.25) is 5.28 Å². The smallest absolute Gasteiger partial charge is 0.328 e. The van der Waals surface area contributed by atoms with E-state index in [1.165, 1.54) is 0 Å². The molecule has 1 heterocycles. The van der Waals surface area contributed by atoms with Crippen LogP contribution in [0, 0.1) is 0 Å². The van der Waals surface area contributed by atoms with Gasteiger partial charge in [0.15, 0.2) is 0 Å². The highest BCUT2D eigenvalue weighted by molar-refractivity contribution is 9.10. The predicted molar refractivity (Wildman–Crippen MR) is 82.6 cm³/mol. The van der Waals surface area contributed by atoms with E-state index in [2.05, 4.69) is 30.9 Å². The Labute approximate surface area is 131 Å². The lowest BCUT2D eigenvalue weighted by atomic mass is 10.3. The van der Waals surface area contributed by atoms with Crippen LogP contribution in [-0.2, 0) is 0 Å². The normalized spacial score (nSPS) is 10.4. The molecule has 0 atom stereocenters. The van der Waals surface area contributed by atoms with E-state index in [1.54, 1.807) is 0 Å². The zero-order chi connectivity index (χ0) is 14.5. The van der Waals surface area contributed by atoms with Crippen molar-refractivity contribution in [2.75, 3.05) is 18.0 Å². The fourth-order valence-electron chi connectivity index (χ4n) is 1.64. The minimum atomic E-state index is 0.115. The average Bonchev–Trinajstić information content (AvgIpc) is 2.42. The summed E-state index contributed by atoms with van der Waals surface area (Å²) < 4.78 is 6.47. The third kappa shape index (κ3) is 3.58. The van der Waals surface area contributed by atoms with E-state index < -0.39 is 0 Å². The molecule has 5 nitrogen and oxygen atoms in total. The lowest BCUT2D eigenvalue weighted by Crippen LogP contribution is -2.24. The van der Waals surface area contributed by atoms with Gasteiger partial charge in [0.25, 0.3) is 0 Å². The van der Waals surface area contributed by atoms with E-state index >= 15 is 0 Å². The Bertz CT molecular complexity index is 592. The van der Waals surface area contributed by atoms with Crippen molar-refractivity contribution in [3.05, 3.63) is 34.0 Å². The first kappa shape index (κ1) is 15.0. The summed E-state index contributed by atoms with van der Waals surface area (Å²) >= 11 is 9.34. The van der Waals surface area contributed by atoms with Crippen LogP contribution in [0.5, 0.6) is 11.8 Å². The molecule has 0 amide bonds. The van der Waals surface area contributed by atoms with Gasteiger partial charge in [-0.1, -0.05) is 12.1 Å². The van der Waals surface area contributed by atoms with Crippen LogP contribution in [0.3, 0.4) is 0 Å². The second kappa shape index (κ2) is 6.85. The van der Waals surface area contributed by atoms with Gasteiger partial charge < -0.3 is 9.64 Å². The maximum atomic E-state index is 5.93. The molecule has 2 rings (SSSR count). The molecule has 1 aromatic carbocycles. The molecule has 0 bridgehead atoms. The molecule has 0 saturated heterocycles. The van der Waals surface area contributed by atoms with Crippen molar-refractivity contribution in [3.63, 3.8) is 0 Å². The van der Waals surface area contributed by atoms with Gasteiger partial charge in [0.05, 0.1) is 4.47 Å². The highest BCUT2D eigenvalue weighted by Gasteiger charge is 2.12. The number of ether oxygens (including phenoxy) is 1. The minimum absolute atomic E-state index is 0.115. The van der Waals surface area contributed by atoms with Crippen molar-refractivity contribution in [1.82, 2.24) is 15.0 Å². The highest BCUT2D eigenvalue weighted by Crippen LogP contribution is 2.28. The molecule has 0 aliphatic rings. The molecular weight excluding hydrogens is 344 g/mol. The number of hydrogen-bond donors (Lipinski definition) is 0. The summed E-state index contributed by atoms with van der Waals surface area (Å²) in [6, 6.07) is 7.65. The Hall–Kier alpha value is -1.40. The number of hydrogen-bond acceptors (Lipinski definition) is 5. The summed E-state index contributed by atoms with van der Waals surface area (Å²) in [4.78, 5) is 14.4. The number of benzene rings is 1. The summed E-state index contributed by atoms with van der Waals surface area (Å²) in [5.74, 6) is 1.14. The zero-order valence-corrected chi connectivity index (χ0v) is 13.5. The summed E-state index contributed by atoms with van der Waals surface area (Å²) in [7, 11) is 0. The molecule has 1 aromatic heterocycles. The van der Waals surface area contributed by atoms with Crippen molar-refractivity contribution in [2.24, 2.45) is 0 Å². The Kier molecular flexibility index (Phi) is 5.14. The van der Waals surface area contributed by atoms with Crippen LogP contribution in [0.4, 0.5) is 5.95 Å². The van der Waals surface area contributed by atoms with Crippen molar-refractivity contribution in [2.45, 2.75) is 13.8 Å². The third-order valence-corrected chi connectivity index (χ3v) is 3.48. The zero-order valence-electron chi connectivity index (χ0n) is 11.2. The van der Waals surface area contributed by atoms with Crippen LogP contribution >= 0.6 is 27.5 Å². The topological polar surface area (TPSA) is 51.1 Å². The number of halogens is 2. The largest absolute Gasteiger partial charge is 0.423 e. The first-order valence-corrected chi connectivity index (χ1v) is 7.40. The van der Waals surface area contributed by atoms with Crippen LogP contribution in [-0.4, -0.2) is 28.0 Å². The van der Waals surface area contributed by atoms with E-state index in [9.17, 15) is 0 Å². The van der Waals surface area contributed by atoms with Gasteiger partial charge in [0.1, 0.15) is 5.75 Å². The molecule has 2 aromatic rings. The average molecular weight is 358 g/mol. The quantitative estimate of drug-likeness (QED) is 0.811. The van der Waals surface area contributed by atoms with Crippen LogP contribution < -0.4 is 9.64 Å². The third-order valence-electron chi connectivity index (χ3n) is 2.66. The maximum Gasteiger partial charge on any atom is 0.328 e. The number of aromatic nitrogens is 3. The Morgan fingerprint density at radius 2 is 1.85 bits per heavy atom. The Morgan fingerprint density at radius 1 is 1.15 bits per heavy atom. The first-order valence-electron chi connectivity index (χ1n) is 6.23. The molecule has 0 saturated carbocycles. The number of anilines is 1. The van der Waals surface area contributed by atoms with Crippen LogP contribution in [0.1, 0.15) is 13.8 Å². The SMILES string of the molecule is CCN(CC)c1nc(Cl)nc(Oc2ccccc2Br)n1. The van der Waals surface area contributed by atoms with E-state index in [4.69, 9.17) is 16.3 Å². The van der Waals surface area contributed by atoms with Crippen LogP contribution in [0.15, 0.2) is 28.7 Å². The van der Waals surface area contributed by atoms with Gasteiger partial charge in [-0.3, -0.25) is 0 Å². The molecular formula is C13H14BrClN4O. The lowest BCUT2D eigenvalue weighted by Gasteiger charge is -2.18. The molecule has 0 aliphatic carbocycles. The molecule has 0 N–H and O–H groups in total. The summed E-state index contributed by atoms with van der Waals surface area (Å²) in [5.41, 5.74) is 0. The van der Waals surface area contributed by atoms with Gasteiger partial charge in [0, 0.05) is 13.1 Å². The summed E-state index contributed by atoms with van der Waals surface area (Å²) in [5, 5.41) is 0.115. The molecule has 0 spiro atoms. The Morgan fingerprint density at radius 3 is 2.50 bits per heavy atom. The first-order chi connectivity index (χ1) is 9.63. The van der Waals surface area contributed by atoms with Crippen molar-refractivity contribution < 1.29 is 4.74 Å². The fraction of sp³-hybridized carbons (Fsp3) is 0.308.